The normalized spacial score (nSPS) is 22.4. The summed E-state index contributed by atoms with van der Waals surface area (Å²) >= 11 is 9.56. The van der Waals surface area contributed by atoms with Crippen LogP contribution in [-0.2, 0) is 6.54 Å². The van der Waals surface area contributed by atoms with Crippen LogP contribution in [0, 0.1) is 0 Å². The van der Waals surface area contributed by atoms with E-state index in [1.165, 1.54) is 37.8 Å². The van der Waals surface area contributed by atoms with Gasteiger partial charge in [0, 0.05) is 22.9 Å². The van der Waals surface area contributed by atoms with Crippen LogP contribution in [0.15, 0.2) is 24.3 Å². The number of alkyl halides is 1. The zero-order valence-corrected chi connectivity index (χ0v) is 12.4. The fourth-order valence-electron chi connectivity index (χ4n) is 2.44. The lowest BCUT2D eigenvalue weighted by Crippen LogP contribution is -2.35. The quantitative estimate of drug-likeness (QED) is 0.743. The highest BCUT2D eigenvalue weighted by Crippen LogP contribution is 2.21. The molecule has 0 spiro atoms. The maximum absolute atomic E-state index is 5.92. The summed E-state index contributed by atoms with van der Waals surface area (Å²) in [6, 6.07) is 8.93. The van der Waals surface area contributed by atoms with Gasteiger partial charge in [0.2, 0.25) is 0 Å². The van der Waals surface area contributed by atoms with Crippen LogP contribution in [0.3, 0.4) is 0 Å². The second-order valence-corrected chi connectivity index (χ2v) is 5.84. The third-order valence-electron chi connectivity index (χ3n) is 3.48. The smallest absolute Gasteiger partial charge is 0.0406 e. The Hall–Kier alpha value is -0.0500. The molecule has 0 N–H and O–H groups in total. The van der Waals surface area contributed by atoms with Gasteiger partial charge in [-0.1, -0.05) is 52.5 Å². The first kappa shape index (κ1) is 13.4. The molecule has 94 valence electrons. The van der Waals surface area contributed by atoms with Gasteiger partial charge in [0.25, 0.3) is 0 Å². The summed E-state index contributed by atoms with van der Waals surface area (Å²) in [6.07, 6.45) is 5.39. The molecule has 1 aliphatic heterocycles. The Bertz CT molecular complexity index is 339. The van der Waals surface area contributed by atoms with Crippen molar-refractivity contribution in [3.05, 3.63) is 34.9 Å². The van der Waals surface area contributed by atoms with E-state index in [-0.39, 0.29) is 0 Å². The Morgan fingerprint density at radius 2 is 1.94 bits per heavy atom. The van der Waals surface area contributed by atoms with Crippen molar-refractivity contribution in [1.82, 2.24) is 4.90 Å². The van der Waals surface area contributed by atoms with E-state index in [9.17, 15) is 0 Å². The topological polar surface area (TPSA) is 3.24 Å². The van der Waals surface area contributed by atoms with Gasteiger partial charge in [-0.3, -0.25) is 4.90 Å². The lowest BCUT2D eigenvalue weighted by molar-refractivity contribution is 0.209. The average Bonchev–Trinajstić information content (AvgIpc) is 2.57. The SMILES string of the molecule is Clc1ccc(CN2CCCCCC2CBr)cc1. The lowest BCUT2D eigenvalue weighted by atomic mass is 10.1. The van der Waals surface area contributed by atoms with Crippen LogP contribution in [0.5, 0.6) is 0 Å². The molecule has 3 heteroatoms. The molecule has 1 aromatic carbocycles. The van der Waals surface area contributed by atoms with Gasteiger partial charge in [-0.15, -0.1) is 0 Å². The van der Waals surface area contributed by atoms with E-state index >= 15 is 0 Å². The number of rotatable bonds is 3. The van der Waals surface area contributed by atoms with Crippen LogP contribution < -0.4 is 0 Å². The van der Waals surface area contributed by atoms with E-state index in [2.05, 4.69) is 33.0 Å². The number of hydrogen-bond acceptors (Lipinski definition) is 1. The molecule has 1 unspecified atom stereocenters. The summed E-state index contributed by atoms with van der Waals surface area (Å²) < 4.78 is 0. The summed E-state index contributed by atoms with van der Waals surface area (Å²) in [5.74, 6) is 0. The minimum atomic E-state index is 0.688. The molecule has 1 fully saturated rings. The van der Waals surface area contributed by atoms with Gasteiger partial charge in [0.05, 0.1) is 0 Å². The van der Waals surface area contributed by atoms with Crippen LogP contribution in [0.2, 0.25) is 5.02 Å². The minimum Gasteiger partial charge on any atom is -0.295 e. The fraction of sp³-hybridized carbons (Fsp3) is 0.571. The molecular weight excluding hydrogens is 298 g/mol. The van der Waals surface area contributed by atoms with E-state index in [4.69, 9.17) is 11.6 Å². The number of hydrogen-bond donors (Lipinski definition) is 0. The highest BCUT2D eigenvalue weighted by Gasteiger charge is 2.19. The van der Waals surface area contributed by atoms with Gasteiger partial charge in [0.1, 0.15) is 0 Å². The van der Waals surface area contributed by atoms with Crippen molar-refractivity contribution in [2.75, 3.05) is 11.9 Å². The Morgan fingerprint density at radius 1 is 1.18 bits per heavy atom. The molecule has 2 rings (SSSR count). The maximum Gasteiger partial charge on any atom is 0.0406 e. The number of likely N-dealkylation sites (tertiary alicyclic amines) is 1. The lowest BCUT2D eigenvalue weighted by Gasteiger charge is -2.28. The van der Waals surface area contributed by atoms with Gasteiger partial charge in [-0.2, -0.15) is 0 Å². The van der Waals surface area contributed by atoms with E-state index in [0.29, 0.717) is 6.04 Å². The predicted molar refractivity (Wildman–Crippen MR) is 77.9 cm³/mol. The van der Waals surface area contributed by atoms with E-state index < -0.39 is 0 Å². The third-order valence-corrected chi connectivity index (χ3v) is 4.48. The van der Waals surface area contributed by atoms with Crippen LogP contribution in [0.4, 0.5) is 0 Å². The summed E-state index contributed by atoms with van der Waals surface area (Å²) in [4.78, 5) is 2.60. The summed E-state index contributed by atoms with van der Waals surface area (Å²) in [7, 11) is 0. The van der Waals surface area contributed by atoms with Crippen molar-refractivity contribution in [3.63, 3.8) is 0 Å². The Morgan fingerprint density at radius 3 is 2.65 bits per heavy atom. The Balaban J connectivity index is 2.01. The first-order valence-corrected chi connectivity index (χ1v) is 7.84. The van der Waals surface area contributed by atoms with Crippen molar-refractivity contribution in [2.45, 2.75) is 38.3 Å². The first-order chi connectivity index (χ1) is 8.29. The average molecular weight is 317 g/mol. The molecule has 0 bridgehead atoms. The monoisotopic (exact) mass is 315 g/mol. The second-order valence-electron chi connectivity index (χ2n) is 4.75. The molecule has 0 saturated carbocycles. The molecular formula is C14H19BrClN. The number of nitrogens with zero attached hydrogens (tertiary/aromatic N) is 1. The van der Waals surface area contributed by atoms with Crippen LogP contribution in [0.1, 0.15) is 31.2 Å². The largest absolute Gasteiger partial charge is 0.295 e. The van der Waals surface area contributed by atoms with Crippen LogP contribution in [-0.4, -0.2) is 22.8 Å². The molecule has 1 atom stereocenters. The predicted octanol–water partition coefficient (Wildman–Crippen LogP) is 4.48. The molecule has 1 saturated heterocycles. The highest BCUT2D eigenvalue weighted by molar-refractivity contribution is 9.09. The van der Waals surface area contributed by atoms with E-state index in [0.717, 1.165) is 16.9 Å². The van der Waals surface area contributed by atoms with Crippen molar-refractivity contribution < 1.29 is 0 Å². The molecule has 1 aliphatic rings. The van der Waals surface area contributed by atoms with Gasteiger partial charge in [0.15, 0.2) is 0 Å². The molecule has 1 aromatic rings. The van der Waals surface area contributed by atoms with Crippen molar-refractivity contribution in [3.8, 4) is 0 Å². The molecule has 1 heterocycles. The highest BCUT2D eigenvalue weighted by atomic mass is 79.9. The van der Waals surface area contributed by atoms with Gasteiger partial charge in [-0.05, 0) is 37.1 Å². The number of benzene rings is 1. The van der Waals surface area contributed by atoms with Crippen LogP contribution in [0.25, 0.3) is 0 Å². The molecule has 0 aliphatic carbocycles. The molecule has 0 radical (unpaired) electrons. The molecule has 0 aromatic heterocycles. The van der Waals surface area contributed by atoms with Crippen molar-refractivity contribution in [1.29, 1.82) is 0 Å². The minimum absolute atomic E-state index is 0.688. The van der Waals surface area contributed by atoms with Gasteiger partial charge < -0.3 is 0 Å². The Labute approximate surface area is 117 Å². The zero-order chi connectivity index (χ0) is 12.1. The number of halogens is 2. The Kier molecular flexibility index (Phi) is 5.33. The summed E-state index contributed by atoms with van der Waals surface area (Å²) in [5, 5.41) is 1.90. The summed E-state index contributed by atoms with van der Waals surface area (Å²) in [6.45, 7) is 2.27. The van der Waals surface area contributed by atoms with Crippen molar-refractivity contribution >= 4 is 27.5 Å². The standard InChI is InChI=1S/C14H19BrClN/c15-10-14-4-2-1-3-9-17(14)11-12-5-7-13(16)8-6-12/h5-8,14H,1-4,9-11H2. The molecule has 17 heavy (non-hydrogen) atoms. The zero-order valence-electron chi connectivity index (χ0n) is 10.0. The molecule has 0 amide bonds. The van der Waals surface area contributed by atoms with Gasteiger partial charge in [-0.25, -0.2) is 0 Å². The van der Waals surface area contributed by atoms with E-state index in [1.54, 1.807) is 0 Å². The van der Waals surface area contributed by atoms with E-state index in [1.807, 2.05) is 12.1 Å². The van der Waals surface area contributed by atoms with Gasteiger partial charge >= 0.3 is 0 Å². The third kappa shape index (κ3) is 3.97. The molecule has 1 nitrogen and oxygen atoms in total. The maximum atomic E-state index is 5.92. The first-order valence-electron chi connectivity index (χ1n) is 6.34. The summed E-state index contributed by atoms with van der Waals surface area (Å²) in [5.41, 5.74) is 1.36. The fourth-order valence-corrected chi connectivity index (χ4v) is 3.30. The van der Waals surface area contributed by atoms with Crippen LogP contribution >= 0.6 is 27.5 Å². The second kappa shape index (κ2) is 6.77. The van der Waals surface area contributed by atoms with Crippen molar-refractivity contribution in [2.24, 2.45) is 0 Å².